The summed E-state index contributed by atoms with van der Waals surface area (Å²) in [6.45, 7) is 0. The zero-order chi connectivity index (χ0) is 21.4. The van der Waals surface area contributed by atoms with Crippen LogP contribution >= 0.6 is 0 Å². The molecule has 0 bridgehead atoms. The number of nitrogens with zero attached hydrogens (tertiary/aromatic N) is 4. The zero-order valence-corrected chi connectivity index (χ0v) is 16.4. The van der Waals surface area contributed by atoms with Gasteiger partial charge in [-0.3, -0.25) is 14.7 Å². The fourth-order valence-corrected chi connectivity index (χ4v) is 4.04. The molecule has 7 nitrogen and oxygen atoms in total. The first-order valence-corrected chi connectivity index (χ1v) is 10.0. The van der Waals surface area contributed by atoms with Gasteiger partial charge in [-0.25, -0.2) is 4.98 Å². The minimum atomic E-state index is -4.58. The van der Waals surface area contributed by atoms with Gasteiger partial charge in [-0.05, 0) is 43.4 Å². The van der Waals surface area contributed by atoms with Crippen LogP contribution in [0.2, 0.25) is 0 Å². The number of aromatic nitrogens is 5. The number of hydrogen-bond acceptors (Lipinski definition) is 6. The quantitative estimate of drug-likeness (QED) is 0.484. The van der Waals surface area contributed by atoms with Gasteiger partial charge in [0.15, 0.2) is 0 Å². The topological polar surface area (TPSA) is 88.6 Å². The van der Waals surface area contributed by atoms with Crippen molar-refractivity contribution in [2.45, 2.75) is 44.2 Å². The van der Waals surface area contributed by atoms with E-state index in [0.29, 0.717) is 37.3 Å². The van der Waals surface area contributed by atoms with Crippen molar-refractivity contribution in [1.29, 1.82) is 0 Å². The first-order chi connectivity index (χ1) is 14.9. The monoisotopic (exact) mass is 428 g/mol. The second-order valence-corrected chi connectivity index (χ2v) is 7.60. The number of H-pyrrole nitrogens is 1. The summed E-state index contributed by atoms with van der Waals surface area (Å²) >= 11 is 0. The Balaban J connectivity index is 1.30. The minimum absolute atomic E-state index is 0.0130. The molecule has 0 unspecified atom stereocenters. The molecule has 1 aromatic carbocycles. The number of halogens is 3. The highest BCUT2D eigenvalue weighted by molar-refractivity contribution is 5.95. The summed E-state index contributed by atoms with van der Waals surface area (Å²) in [6.07, 6.45) is 3.40. The Morgan fingerprint density at radius 3 is 2.55 bits per heavy atom. The summed E-state index contributed by atoms with van der Waals surface area (Å²) in [5, 5.41) is 4.10. The number of aromatic amines is 1. The van der Waals surface area contributed by atoms with E-state index >= 15 is 0 Å². The van der Waals surface area contributed by atoms with E-state index in [2.05, 4.69) is 35.0 Å². The number of hydrogen-bond donors (Lipinski definition) is 2. The highest BCUT2D eigenvalue weighted by atomic mass is 19.4. The Hall–Kier alpha value is -3.27. The molecule has 0 radical (unpaired) electrons. The van der Waals surface area contributed by atoms with Crippen molar-refractivity contribution in [3.63, 3.8) is 0 Å². The van der Waals surface area contributed by atoms with Crippen LogP contribution in [0.1, 0.15) is 25.7 Å². The van der Waals surface area contributed by atoms with Crippen molar-refractivity contribution in [2.75, 3.05) is 5.32 Å². The fraction of sp³-hybridized carbons (Fsp3) is 0.333. The van der Waals surface area contributed by atoms with Crippen LogP contribution in [-0.4, -0.2) is 43.4 Å². The minimum Gasteiger partial charge on any atom is -0.351 e. The number of rotatable bonds is 4. The predicted molar refractivity (Wildman–Crippen MR) is 109 cm³/mol. The molecule has 1 fully saturated rings. The van der Waals surface area contributed by atoms with Crippen molar-refractivity contribution >= 4 is 28.0 Å². The van der Waals surface area contributed by atoms with Crippen LogP contribution in [-0.2, 0) is 4.74 Å². The molecule has 5 rings (SSSR count). The van der Waals surface area contributed by atoms with Crippen molar-refractivity contribution in [1.82, 2.24) is 24.9 Å². The first kappa shape index (κ1) is 19.7. The van der Waals surface area contributed by atoms with E-state index in [1.54, 1.807) is 18.6 Å². The number of fused-ring (bicyclic) bond motifs is 2. The molecule has 0 amide bonds. The molecule has 3 aromatic heterocycles. The smallest absolute Gasteiger partial charge is 0.351 e. The van der Waals surface area contributed by atoms with Crippen LogP contribution in [0.15, 0.2) is 43.0 Å². The van der Waals surface area contributed by atoms with Crippen LogP contribution < -0.4 is 5.32 Å². The van der Waals surface area contributed by atoms with Gasteiger partial charge in [0.2, 0.25) is 5.95 Å². The van der Waals surface area contributed by atoms with Gasteiger partial charge >= 0.3 is 6.36 Å². The van der Waals surface area contributed by atoms with Crippen molar-refractivity contribution < 1.29 is 17.9 Å². The average molecular weight is 428 g/mol. The highest BCUT2D eigenvalue weighted by Gasteiger charge is 2.35. The fourth-order valence-electron chi connectivity index (χ4n) is 4.04. The average Bonchev–Trinajstić information content (AvgIpc) is 3.17. The molecule has 0 saturated heterocycles. The summed E-state index contributed by atoms with van der Waals surface area (Å²) in [5.41, 5.74) is 4.24. The van der Waals surface area contributed by atoms with E-state index in [9.17, 15) is 13.2 Å². The molecule has 3 heterocycles. The van der Waals surface area contributed by atoms with Gasteiger partial charge in [0, 0.05) is 41.8 Å². The molecule has 160 valence electrons. The van der Waals surface area contributed by atoms with E-state index in [0.717, 1.165) is 27.5 Å². The molecule has 0 atom stereocenters. The maximum atomic E-state index is 12.4. The lowest BCUT2D eigenvalue weighted by molar-refractivity contribution is -0.345. The molecule has 4 aromatic rings. The number of alkyl halides is 3. The summed E-state index contributed by atoms with van der Waals surface area (Å²) in [5.74, 6) is 0.450. The Morgan fingerprint density at radius 1 is 1.00 bits per heavy atom. The summed E-state index contributed by atoms with van der Waals surface area (Å²) in [4.78, 5) is 20.8. The van der Waals surface area contributed by atoms with Crippen LogP contribution in [0.5, 0.6) is 0 Å². The van der Waals surface area contributed by atoms with Gasteiger partial charge in [-0.1, -0.05) is 6.07 Å². The lowest BCUT2D eigenvalue weighted by atomic mass is 9.93. The van der Waals surface area contributed by atoms with Crippen molar-refractivity contribution in [3.05, 3.63) is 43.0 Å². The second kappa shape index (κ2) is 7.77. The van der Waals surface area contributed by atoms with Gasteiger partial charge in [0.05, 0.1) is 17.1 Å². The third-order valence-electron chi connectivity index (χ3n) is 5.52. The van der Waals surface area contributed by atoms with Crippen molar-refractivity contribution in [2.24, 2.45) is 0 Å². The van der Waals surface area contributed by atoms with Gasteiger partial charge < -0.3 is 10.3 Å². The van der Waals surface area contributed by atoms with Crippen LogP contribution in [0, 0.1) is 0 Å². The van der Waals surface area contributed by atoms with E-state index in [1.807, 2.05) is 24.4 Å². The van der Waals surface area contributed by atoms with E-state index < -0.39 is 12.5 Å². The highest BCUT2D eigenvalue weighted by Crippen LogP contribution is 2.31. The number of ether oxygens (including phenoxy) is 1. The molecule has 31 heavy (non-hydrogen) atoms. The molecule has 1 aliphatic carbocycles. The maximum absolute atomic E-state index is 12.4. The third-order valence-corrected chi connectivity index (χ3v) is 5.52. The molecule has 0 spiro atoms. The summed E-state index contributed by atoms with van der Waals surface area (Å²) in [6, 6.07) is 5.89. The maximum Gasteiger partial charge on any atom is 0.522 e. The van der Waals surface area contributed by atoms with Crippen molar-refractivity contribution in [3.8, 4) is 11.1 Å². The molecular formula is C21H19F3N6O. The SMILES string of the molecule is FC(F)(F)OC1CCC(Nc2ncc3c(-c4ccc5nccnc5c4)c[nH]c3n2)CC1. The molecule has 0 aliphatic heterocycles. The standard InChI is InChI=1S/C21H19F3N6O/c22-21(23,24)31-14-4-2-13(3-5-14)29-20-28-11-16-15(10-27-19(16)30-20)12-1-6-17-18(9-12)26-8-7-25-17/h1,6-11,13-14H,2-5H2,(H2,27,28,29,30). The third kappa shape index (κ3) is 4.29. The van der Waals surface area contributed by atoms with E-state index in [1.165, 1.54) is 0 Å². The first-order valence-electron chi connectivity index (χ1n) is 10.0. The molecular weight excluding hydrogens is 409 g/mol. The number of benzene rings is 1. The summed E-state index contributed by atoms with van der Waals surface area (Å²) in [7, 11) is 0. The second-order valence-electron chi connectivity index (χ2n) is 7.60. The van der Waals surface area contributed by atoms with Crippen LogP contribution in [0.25, 0.3) is 33.2 Å². The lowest BCUT2D eigenvalue weighted by Crippen LogP contribution is -2.33. The molecule has 1 aliphatic rings. The van der Waals surface area contributed by atoms with Gasteiger partial charge in [-0.15, -0.1) is 13.2 Å². The van der Waals surface area contributed by atoms with Crippen LogP contribution in [0.4, 0.5) is 19.1 Å². The van der Waals surface area contributed by atoms with E-state index in [4.69, 9.17) is 0 Å². The molecule has 1 saturated carbocycles. The molecule has 10 heteroatoms. The van der Waals surface area contributed by atoms with Gasteiger partial charge in [0.25, 0.3) is 0 Å². The summed E-state index contributed by atoms with van der Waals surface area (Å²) < 4.78 is 41.2. The Kier molecular flexibility index (Phi) is 4.93. The Morgan fingerprint density at radius 2 is 1.77 bits per heavy atom. The lowest BCUT2D eigenvalue weighted by Gasteiger charge is -2.29. The molecule has 2 N–H and O–H groups in total. The predicted octanol–water partition coefficient (Wildman–Crippen LogP) is 4.83. The van der Waals surface area contributed by atoms with Crippen LogP contribution in [0.3, 0.4) is 0 Å². The zero-order valence-electron chi connectivity index (χ0n) is 16.4. The normalized spacial score (nSPS) is 19.7. The van der Waals surface area contributed by atoms with E-state index in [-0.39, 0.29) is 6.04 Å². The largest absolute Gasteiger partial charge is 0.522 e. The number of anilines is 1. The number of nitrogens with one attached hydrogen (secondary N) is 2. The van der Waals surface area contributed by atoms with Gasteiger partial charge in [0.1, 0.15) is 5.65 Å². The Bertz CT molecular complexity index is 1220. The Labute approximate surface area is 175 Å². The van der Waals surface area contributed by atoms with Gasteiger partial charge in [-0.2, -0.15) is 4.98 Å².